The largest absolute Gasteiger partial charge is 0.475 e. The molecule has 260 valence electrons. The van der Waals surface area contributed by atoms with Crippen molar-refractivity contribution in [3.8, 4) is 17.1 Å². The fourth-order valence-corrected chi connectivity index (χ4v) is 8.30. The Hall–Kier alpha value is -4.84. The van der Waals surface area contributed by atoms with E-state index in [4.69, 9.17) is 14.1 Å². The summed E-state index contributed by atoms with van der Waals surface area (Å²) in [4.78, 5) is 35.0. The van der Waals surface area contributed by atoms with Crippen LogP contribution in [-0.4, -0.2) is 51.8 Å². The van der Waals surface area contributed by atoms with Crippen LogP contribution in [0.1, 0.15) is 79.4 Å². The van der Waals surface area contributed by atoms with Crippen molar-refractivity contribution in [1.82, 2.24) is 24.8 Å². The third kappa shape index (κ3) is 6.68. The standard InChI is InChI=1S/C38H42N6O5S/c1-21(2)34(22(3)4)31-20-48-33-17-29(35-23(5)9-7-10-24(35)6)41-38(42-33)43-50(46,47)28-12-8-11-26(15-28)37(45)44(31)19-27-18-39-36-30(40-27)16-32(49-36)25-13-14-25/h7-12,15-18,21-22,25,31,34H,13-14,19-20H2,1-6H3,(H,41,42,43). The summed E-state index contributed by atoms with van der Waals surface area (Å²) in [5.41, 5.74) is 5.26. The normalized spacial score (nSPS) is 17.7. The molecule has 5 aromatic rings. The van der Waals surface area contributed by atoms with Gasteiger partial charge in [-0.05, 0) is 73.8 Å². The molecule has 0 radical (unpaired) electrons. The van der Waals surface area contributed by atoms with Gasteiger partial charge in [0.1, 0.15) is 17.9 Å². The average Bonchev–Trinajstić information content (AvgIpc) is 3.83. The van der Waals surface area contributed by atoms with Gasteiger partial charge in [-0.2, -0.15) is 4.98 Å². The van der Waals surface area contributed by atoms with E-state index in [-0.39, 0.29) is 59.1 Å². The lowest BCUT2D eigenvalue weighted by Gasteiger charge is -2.40. The van der Waals surface area contributed by atoms with Crippen molar-refractivity contribution in [1.29, 1.82) is 0 Å². The van der Waals surface area contributed by atoms with Gasteiger partial charge in [-0.25, -0.2) is 28.1 Å². The first-order valence-corrected chi connectivity index (χ1v) is 18.6. The van der Waals surface area contributed by atoms with Crippen molar-refractivity contribution in [3.05, 3.63) is 88.9 Å². The third-order valence-corrected chi connectivity index (χ3v) is 11.0. The predicted octanol–water partition coefficient (Wildman–Crippen LogP) is 7.31. The molecule has 1 amide bonds. The number of carbonyl (C=O) groups is 1. The molecule has 1 atom stereocenters. The smallest absolute Gasteiger partial charge is 0.264 e. The highest BCUT2D eigenvalue weighted by molar-refractivity contribution is 7.92. The molecule has 50 heavy (non-hydrogen) atoms. The first-order valence-electron chi connectivity index (χ1n) is 17.2. The van der Waals surface area contributed by atoms with Gasteiger partial charge in [-0.1, -0.05) is 52.0 Å². The second-order valence-electron chi connectivity index (χ2n) is 14.2. The highest BCUT2D eigenvalue weighted by Crippen LogP contribution is 2.42. The molecule has 0 saturated heterocycles. The summed E-state index contributed by atoms with van der Waals surface area (Å²) in [6.07, 6.45) is 3.83. The predicted molar refractivity (Wildman–Crippen MR) is 190 cm³/mol. The molecule has 11 nitrogen and oxygen atoms in total. The Balaban J connectivity index is 1.38. The summed E-state index contributed by atoms with van der Waals surface area (Å²) in [7, 11) is -4.19. The first-order chi connectivity index (χ1) is 23.9. The molecule has 7 rings (SSSR count). The highest BCUT2D eigenvalue weighted by Gasteiger charge is 2.37. The minimum atomic E-state index is -4.19. The summed E-state index contributed by atoms with van der Waals surface area (Å²) in [6.45, 7) is 12.7. The van der Waals surface area contributed by atoms with E-state index in [1.807, 2.05) is 38.1 Å². The van der Waals surface area contributed by atoms with Gasteiger partial charge in [0.05, 0.1) is 35.1 Å². The summed E-state index contributed by atoms with van der Waals surface area (Å²) >= 11 is 0. The molecule has 1 unspecified atom stereocenters. The monoisotopic (exact) mass is 694 g/mol. The van der Waals surface area contributed by atoms with E-state index in [1.165, 1.54) is 12.1 Å². The summed E-state index contributed by atoms with van der Waals surface area (Å²) < 4.78 is 42.6. The number of hydrogen-bond acceptors (Lipinski definition) is 9. The zero-order valence-electron chi connectivity index (χ0n) is 29.2. The lowest BCUT2D eigenvalue weighted by atomic mass is 9.79. The van der Waals surface area contributed by atoms with Crippen molar-refractivity contribution in [2.45, 2.75) is 77.8 Å². The number of rotatable bonds is 7. The van der Waals surface area contributed by atoms with Crippen LogP contribution in [0.2, 0.25) is 0 Å². The number of hydrogen-bond donors (Lipinski definition) is 1. The van der Waals surface area contributed by atoms with Crippen LogP contribution in [0.4, 0.5) is 5.95 Å². The second-order valence-corrected chi connectivity index (χ2v) is 15.8. The maximum atomic E-state index is 14.7. The number of furan rings is 1. The van der Waals surface area contributed by atoms with Gasteiger partial charge in [0, 0.05) is 29.2 Å². The molecule has 12 heteroatoms. The molecule has 1 aliphatic heterocycles. The van der Waals surface area contributed by atoms with E-state index in [1.54, 1.807) is 29.3 Å². The van der Waals surface area contributed by atoms with E-state index >= 15 is 0 Å². The molecule has 2 aliphatic rings. The molecular formula is C38H42N6O5S. The van der Waals surface area contributed by atoms with Gasteiger partial charge < -0.3 is 14.1 Å². The third-order valence-electron chi connectivity index (χ3n) is 9.72. The lowest BCUT2D eigenvalue weighted by Crippen LogP contribution is -2.50. The number of sulfonamides is 1. The minimum Gasteiger partial charge on any atom is -0.475 e. The lowest BCUT2D eigenvalue weighted by molar-refractivity contribution is 0.0307. The Morgan fingerprint density at radius 1 is 0.940 bits per heavy atom. The Morgan fingerprint density at radius 3 is 2.36 bits per heavy atom. The molecule has 2 aromatic carbocycles. The van der Waals surface area contributed by atoms with Crippen LogP contribution in [0, 0.1) is 31.6 Å². The zero-order chi connectivity index (χ0) is 35.3. The van der Waals surface area contributed by atoms with Crippen LogP contribution in [0.25, 0.3) is 22.5 Å². The Morgan fingerprint density at radius 2 is 1.66 bits per heavy atom. The molecule has 3 aromatic heterocycles. The van der Waals surface area contributed by atoms with Gasteiger partial charge in [-0.3, -0.25) is 4.79 Å². The number of anilines is 1. The van der Waals surface area contributed by atoms with Crippen molar-refractivity contribution >= 4 is 33.1 Å². The summed E-state index contributed by atoms with van der Waals surface area (Å²) in [6, 6.07) is 15.2. The number of fused-ring (bicyclic) bond motifs is 5. The van der Waals surface area contributed by atoms with Gasteiger partial charge in [-0.15, -0.1) is 0 Å². The maximum absolute atomic E-state index is 14.7. The average molecular weight is 695 g/mol. The SMILES string of the molecule is Cc1cccc(C)c1-c1cc2nc(n1)NS(=O)(=O)c1cccc(c1)C(=O)N(Cc1cnc3oc(C4CC4)cc3n1)C(C(C(C)C)C(C)C)CO2. The van der Waals surface area contributed by atoms with Gasteiger partial charge >= 0.3 is 0 Å². The minimum absolute atomic E-state index is 0.0133. The highest BCUT2D eigenvalue weighted by atomic mass is 32.2. The quantitative estimate of drug-likeness (QED) is 0.186. The number of amides is 1. The molecule has 1 N–H and O–H groups in total. The zero-order valence-corrected chi connectivity index (χ0v) is 30.0. The van der Waals surface area contributed by atoms with Crippen molar-refractivity contribution in [3.63, 3.8) is 0 Å². The van der Waals surface area contributed by atoms with E-state index in [9.17, 15) is 13.2 Å². The van der Waals surface area contributed by atoms with E-state index in [2.05, 4.69) is 47.4 Å². The fourth-order valence-electron chi connectivity index (χ4n) is 7.31. The number of nitrogens with zero attached hydrogens (tertiary/aromatic N) is 5. The number of ether oxygens (including phenoxy) is 1. The van der Waals surface area contributed by atoms with Crippen LogP contribution in [0.5, 0.6) is 5.88 Å². The van der Waals surface area contributed by atoms with E-state index < -0.39 is 16.1 Å². The van der Waals surface area contributed by atoms with Crippen LogP contribution < -0.4 is 9.46 Å². The summed E-state index contributed by atoms with van der Waals surface area (Å²) in [5, 5.41) is 0. The molecule has 1 aliphatic carbocycles. The van der Waals surface area contributed by atoms with Gasteiger partial charge in [0.2, 0.25) is 17.5 Å². The topological polar surface area (TPSA) is 140 Å². The molecule has 4 heterocycles. The number of nitrogens with one attached hydrogen (secondary N) is 1. The molecular weight excluding hydrogens is 653 g/mol. The summed E-state index contributed by atoms with van der Waals surface area (Å²) in [5.74, 6) is 1.34. The van der Waals surface area contributed by atoms with Gasteiger partial charge in [0.15, 0.2) is 0 Å². The van der Waals surface area contributed by atoms with Gasteiger partial charge in [0.25, 0.3) is 15.9 Å². The Bertz CT molecular complexity index is 2170. The molecule has 1 fully saturated rings. The number of benzene rings is 2. The van der Waals surface area contributed by atoms with Crippen molar-refractivity contribution in [2.24, 2.45) is 17.8 Å². The Kier molecular flexibility index (Phi) is 8.83. The second kappa shape index (κ2) is 13.1. The number of aryl methyl sites for hydroxylation is 2. The van der Waals surface area contributed by atoms with Crippen molar-refractivity contribution in [2.75, 3.05) is 11.3 Å². The Labute approximate surface area is 292 Å². The molecule has 4 bridgehead atoms. The van der Waals surface area contributed by atoms with Crippen LogP contribution in [0.15, 0.2) is 70.1 Å². The van der Waals surface area contributed by atoms with Crippen LogP contribution in [0.3, 0.4) is 0 Å². The van der Waals surface area contributed by atoms with E-state index in [0.29, 0.717) is 28.5 Å². The number of aromatic nitrogens is 4. The molecule has 1 saturated carbocycles. The fraction of sp³-hybridized carbons (Fsp3) is 0.395. The van der Waals surface area contributed by atoms with Crippen molar-refractivity contribution < 1.29 is 22.4 Å². The van der Waals surface area contributed by atoms with Crippen LogP contribution in [-0.2, 0) is 16.6 Å². The van der Waals surface area contributed by atoms with E-state index in [0.717, 1.165) is 35.3 Å². The number of carbonyl (C=O) groups excluding carboxylic acids is 1. The molecule has 0 spiro atoms. The van der Waals surface area contributed by atoms with Crippen LogP contribution >= 0.6 is 0 Å². The first kappa shape index (κ1) is 33.6. The maximum Gasteiger partial charge on any atom is 0.264 e.